The molecule has 0 fully saturated rings. The highest BCUT2D eigenvalue weighted by Gasteiger charge is 2.08. The summed E-state index contributed by atoms with van der Waals surface area (Å²) in [5.41, 5.74) is 2.49. The van der Waals surface area contributed by atoms with Crippen molar-refractivity contribution in [3.8, 4) is 0 Å². The van der Waals surface area contributed by atoms with Gasteiger partial charge in [0, 0.05) is 17.6 Å². The number of hydrogen-bond acceptors (Lipinski definition) is 2. The van der Waals surface area contributed by atoms with Crippen molar-refractivity contribution in [2.45, 2.75) is 32.2 Å². The van der Waals surface area contributed by atoms with Crippen molar-refractivity contribution < 1.29 is 0 Å². The van der Waals surface area contributed by atoms with Crippen molar-refractivity contribution in [2.24, 2.45) is 0 Å². The standard InChI is InChI=1S/C15H20N2/c1-3-6-13(16-2)11-12-9-10-17-15-8-5-4-7-14(12)15/h4-5,7-10,13,16H,3,6,11H2,1-2H3. The van der Waals surface area contributed by atoms with Gasteiger partial charge in [-0.2, -0.15) is 0 Å². The minimum absolute atomic E-state index is 0.561. The number of nitrogens with zero attached hydrogens (tertiary/aromatic N) is 1. The van der Waals surface area contributed by atoms with Crippen molar-refractivity contribution in [3.05, 3.63) is 42.1 Å². The predicted octanol–water partition coefficient (Wildman–Crippen LogP) is 3.17. The summed E-state index contributed by atoms with van der Waals surface area (Å²) in [6.45, 7) is 2.23. The molecule has 2 aromatic rings. The fourth-order valence-corrected chi connectivity index (χ4v) is 2.30. The molecule has 1 aromatic heterocycles. The Morgan fingerprint density at radius 3 is 2.82 bits per heavy atom. The van der Waals surface area contributed by atoms with Crippen LogP contribution in [0.15, 0.2) is 36.5 Å². The van der Waals surface area contributed by atoms with E-state index in [1.54, 1.807) is 0 Å². The number of fused-ring (bicyclic) bond motifs is 1. The fraction of sp³-hybridized carbons (Fsp3) is 0.400. The molecule has 1 unspecified atom stereocenters. The molecule has 0 spiro atoms. The molecule has 0 saturated heterocycles. The summed E-state index contributed by atoms with van der Waals surface area (Å²) in [6, 6.07) is 11.1. The lowest BCUT2D eigenvalue weighted by molar-refractivity contribution is 0.515. The first-order valence-electron chi connectivity index (χ1n) is 6.35. The van der Waals surface area contributed by atoms with Gasteiger partial charge in [-0.15, -0.1) is 0 Å². The van der Waals surface area contributed by atoms with Crippen LogP contribution in [0.2, 0.25) is 0 Å². The highest BCUT2D eigenvalue weighted by atomic mass is 14.9. The van der Waals surface area contributed by atoms with Gasteiger partial charge in [0.05, 0.1) is 5.52 Å². The van der Waals surface area contributed by atoms with Crippen LogP contribution in [0.3, 0.4) is 0 Å². The first-order chi connectivity index (χ1) is 8.35. The number of likely N-dealkylation sites (N-methyl/N-ethyl adjacent to an activating group) is 1. The summed E-state index contributed by atoms with van der Waals surface area (Å²) in [5.74, 6) is 0. The molecule has 17 heavy (non-hydrogen) atoms. The third kappa shape index (κ3) is 2.83. The Balaban J connectivity index is 2.28. The van der Waals surface area contributed by atoms with E-state index in [9.17, 15) is 0 Å². The van der Waals surface area contributed by atoms with Crippen LogP contribution in [0.5, 0.6) is 0 Å². The van der Waals surface area contributed by atoms with Crippen LogP contribution in [0.25, 0.3) is 10.9 Å². The lowest BCUT2D eigenvalue weighted by Gasteiger charge is -2.16. The van der Waals surface area contributed by atoms with Crippen LogP contribution in [-0.4, -0.2) is 18.1 Å². The molecule has 0 bridgehead atoms. The maximum Gasteiger partial charge on any atom is 0.0704 e. The maximum atomic E-state index is 4.40. The monoisotopic (exact) mass is 228 g/mol. The Morgan fingerprint density at radius 2 is 2.06 bits per heavy atom. The molecule has 2 heteroatoms. The van der Waals surface area contributed by atoms with Crippen LogP contribution in [0, 0.1) is 0 Å². The number of aromatic nitrogens is 1. The molecular formula is C15H20N2. The maximum absolute atomic E-state index is 4.40. The number of para-hydroxylation sites is 1. The number of pyridine rings is 1. The van der Waals surface area contributed by atoms with Crippen LogP contribution >= 0.6 is 0 Å². The minimum Gasteiger partial charge on any atom is -0.317 e. The molecule has 0 aliphatic rings. The van der Waals surface area contributed by atoms with Gasteiger partial charge in [0.25, 0.3) is 0 Å². The highest BCUT2D eigenvalue weighted by Crippen LogP contribution is 2.18. The van der Waals surface area contributed by atoms with Gasteiger partial charge in [0.2, 0.25) is 0 Å². The first-order valence-corrected chi connectivity index (χ1v) is 6.35. The van der Waals surface area contributed by atoms with E-state index in [-0.39, 0.29) is 0 Å². The number of hydrogen-bond donors (Lipinski definition) is 1. The number of nitrogens with one attached hydrogen (secondary N) is 1. The fourth-order valence-electron chi connectivity index (χ4n) is 2.30. The van der Waals surface area contributed by atoms with Gasteiger partial charge in [-0.3, -0.25) is 4.98 Å². The molecule has 2 nitrogen and oxygen atoms in total. The molecule has 0 amide bonds. The molecule has 1 aromatic carbocycles. The van der Waals surface area contributed by atoms with Crippen molar-refractivity contribution in [2.75, 3.05) is 7.05 Å². The normalized spacial score (nSPS) is 12.8. The van der Waals surface area contributed by atoms with Crippen molar-refractivity contribution in [1.82, 2.24) is 10.3 Å². The molecular weight excluding hydrogens is 208 g/mol. The van der Waals surface area contributed by atoms with Crippen LogP contribution in [-0.2, 0) is 6.42 Å². The third-order valence-corrected chi connectivity index (χ3v) is 3.25. The van der Waals surface area contributed by atoms with Crippen LogP contribution < -0.4 is 5.32 Å². The number of benzene rings is 1. The summed E-state index contributed by atoms with van der Waals surface area (Å²) in [6.07, 6.45) is 5.42. The van der Waals surface area contributed by atoms with Crippen molar-refractivity contribution in [3.63, 3.8) is 0 Å². The van der Waals surface area contributed by atoms with Crippen LogP contribution in [0.1, 0.15) is 25.3 Å². The summed E-state index contributed by atoms with van der Waals surface area (Å²) in [5, 5.41) is 4.68. The van der Waals surface area contributed by atoms with Crippen molar-refractivity contribution >= 4 is 10.9 Å². The van der Waals surface area contributed by atoms with E-state index in [1.165, 1.54) is 23.8 Å². The van der Waals surface area contributed by atoms with Gasteiger partial charge in [-0.05, 0) is 37.6 Å². The Labute approximate surface area is 103 Å². The summed E-state index contributed by atoms with van der Waals surface area (Å²) < 4.78 is 0. The number of rotatable bonds is 5. The van der Waals surface area contributed by atoms with E-state index in [1.807, 2.05) is 19.3 Å². The SMILES string of the molecule is CCCC(Cc1ccnc2ccccc12)NC. The van der Waals surface area contributed by atoms with Gasteiger partial charge in [-0.25, -0.2) is 0 Å². The first kappa shape index (κ1) is 12.1. The molecule has 0 saturated carbocycles. The van der Waals surface area contributed by atoms with Crippen LogP contribution in [0.4, 0.5) is 0 Å². The Morgan fingerprint density at radius 1 is 1.24 bits per heavy atom. The summed E-state index contributed by atoms with van der Waals surface area (Å²) in [7, 11) is 2.05. The molecule has 0 aliphatic heterocycles. The topological polar surface area (TPSA) is 24.9 Å². The summed E-state index contributed by atoms with van der Waals surface area (Å²) >= 11 is 0. The van der Waals surface area contributed by atoms with Crippen molar-refractivity contribution in [1.29, 1.82) is 0 Å². The largest absolute Gasteiger partial charge is 0.317 e. The van der Waals surface area contributed by atoms with E-state index in [4.69, 9.17) is 0 Å². The smallest absolute Gasteiger partial charge is 0.0704 e. The lowest BCUT2D eigenvalue weighted by atomic mass is 9.99. The second-order valence-electron chi connectivity index (χ2n) is 4.47. The zero-order valence-electron chi connectivity index (χ0n) is 10.6. The Hall–Kier alpha value is -1.41. The second-order valence-corrected chi connectivity index (χ2v) is 4.47. The van der Waals surface area contributed by atoms with Gasteiger partial charge in [0.1, 0.15) is 0 Å². The zero-order chi connectivity index (χ0) is 12.1. The third-order valence-electron chi connectivity index (χ3n) is 3.25. The van der Waals surface area contributed by atoms with Gasteiger partial charge < -0.3 is 5.32 Å². The zero-order valence-corrected chi connectivity index (χ0v) is 10.6. The summed E-state index contributed by atoms with van der Waals surface area (Å²) in [4.78, 5) is 4.40. The average Bonchev–Trinajstić information content (AvgIpc) is 2.38. The molecule has 1 N–H and O–H groups in total. The van der Waals surface area contributed by atoms with E-state index < -0.39 is 0 Å². The van der Waals surface area contributed by atoms with E-state index >= 15 is 0 Å². The van der Waals surface area contributed by atoms with Gasteiger partial charge >= 0.3 is 0 Å². The highest BCUT2D eigenvalue weighted by molar-refractivity contribution is 5.81. The molecule has 0 aliphatic carbocycles. The molecule has 0 radical (unpaired) electrons. The van der Waals surface area contributed by atoms with E-state index in [0.717, 1.165) is 11.9 Å². The lowest BCUT2D eigenvalue weighted by Crippen LogP contribution is -2.27. The van der Waals surface area contributed by atoms with E-state index in [2.05, 4.69) is 41.5 Å². The van der Waals surface area contributed by atoms with Gasteiger partial charge in [-0.1, -0.05) is 31.5 Å². The quantitative estimate of drug-likeness (QED) is 0.850. The molecule has 1 heterocycles. The minimum atomic E-state index is 0.561. The Bertz CT molecular complexity index is 474. The molecule has 1 atom stereocenters. The predicted molar refractivity (Wildman–Crippen MR) is 73.2 cm³/mol. The molecule has 90 valence electrons. The van der Waals surface area contributed by atoms with Gasteiger partial charge in [0.15, 0.2) is 0 Å². The average molecular weight is 228 g/mol. The second kappa shape index (κ2) is 5.78. The Kier molecular flexibility index (Phi) is 4.10. The molecule has 2 rings (SSSR count). The van der Waals surface area contributed by atoms with E-state index in [0.29, 0.717) is 6.04 Å².